The number of nitrogens with zero attached hydrogens (tertiary/aromatic N) is 1. The number of hydrogen-bond acceptors (Lipinski definition) is 2. The van der Waals surface area contributed by atoms with Crippen LogP contribution >= 0.6 is 11.6 Å². The molecule has 25 heavy (non-hydrogen) atoms. The van der Waals surface area contributed by atoms with Crippen molar-refractivity contribution in [2.45, 2.75) is 0 Å². The Kier molecular flexibility index (Phi) is 3.75. The molecule has 0 aliphatic heterocycles. The molecule has 0 radical (unpaired) electrons. The number of amidine groups is 2. The minimum Gasteiger partial charge on any atom is -0.454 e. The quantitative estimate of drug-likeness (QED) is 0.396. The summed E-state index contributed by atoms with van der Waals surface area (Å²) < 4.78 is 5.86. The maximum atomic E-state index is 8.42. The summed E-state index contributed by atoms with van der Waals surface area (Å²) in [4.78, 5) is 4.28. The number of aliphatic imine (C=N–C) groups is 1. The molecule has 0 saturated heterocycles. The number of rotatable bonds is 2. The number of benzene rings is 3. The summed E-state index contributed by atoms with van der Waals surface area (Å²) in [5.41, 5.74) is 8.76. The lowest BCUT2D eigenvalue weighted by Gasteiger charge is -2.04. The van der Waals surface area contributed by atoms with Gasteiger partial charge in [-0.25, -0.2) is 4.99 Å². The Hall–Kier alpha value is -3.11. The SMILES string of the molecule is N=C(N=C(N)c1ccccc1)c1cccc2oc3c(Cl)cccc3c12. The van der Waals surface area contributed by atoms with Crippen LogP contribution < -0.4 is 5.73 Å². The fourth-order valence-electron chi connectivity index (χ4n) is 2.86. The third-order valence-corrected chi connectivity index (χ3v) is 4.33. The normalized spacial score (nSPS) is 12.0. The Morgan fingerprint density at radius 1 is 0.960 bits per heavy atom. The van der Waals surface area contributed by atoms with Gasteiger partial charge in [-0.2, -0.15) is 0 Å². The minimum atomic E-state index is 0.0784. The van der Waals surface area contributed by atoms with Crippen LogP contribution in [-0.4, -0.2) is 11.7 Å². The molecule has 0 spiro atoms. The van der Waals surface area contributed by atoms with Crippen molar-refractivity contribution >= 4 is 45.2 Å². The van der Waals surface area contributed by atoms with E-state index in [1.54, 1.807) is 6.07 Å². The molecule has 1 aromatic heterocycles. The largest absolute Gasteiger partial charge is 0.454 e. The van der Waals surface area contributed by atoms with E-state index in [1.165, 1.54) is 0 Å². The van der Waals surface area contributed by atoms with Crippen molar-refractivity contribution in [1.82, 2.24) is 0 Å². The summed E-state index contributed by atoms with van der Waals surface area (Å²) in [6, 6.07) is 20.5. The van der Waals surface area contributed by atoms with E-state index in [-0.39, 0.29) is 5.84 Å². The fraction of sp³-hybridized carbons (Fsp3) is 0. The molecule has 0 unspecified atom stereocenters. The predicted octanol–water partition coefficient (Wildman–Crippen LogP) is 4.97. The van der Waals surface area contributed by atoms with E-state index in [2.05, 4.69) is 4.99 Å². The van der Waals surface area contributed by atoms with E-state index in [4.69, 9.17) is 27.2 Å². The molecule has 4 nitrogen and oxygen atoms in total. The predicted molar refractivity (Wildman–Crippen MR) is 103 cm³/mol. The molecule has 0 amide bonds. The average molecular weight is 348 g/mol. The van der Waals surface area contributed by atoms with Crippen LogP contribution in [0.3, 0.4) is 0 Å². The first-order valence-corrected chi connectivity index (χ1v) is 8.11. The Labute approximate surface area is 149 Å². The van der Waals surface area contributed by atoms with Gasteiger partial charge in [0, 0.05) is 21.9 Å². The van der Waals surface area contributed by atoms with E-state index < -0.39 is 0 Å². The second kappa shape index (κ2) is 6.07. The van der Waals surface area contributed by atoms with Crippen LogP contribution in [-0.2, 0) is 0 Å². The molecule has 0 fully saturated rings. The highest BCUT2D eigenvalue weighted by Crippen LogP contribution is 2.35. The molecule has 1 heterocycles. The Bertz CT molecular complexity index is 1130. The number of furan rings is 1. The Morgan fingerprint density at radius 3 is 2.52 bits per heavy atom. The van der Waals surface area contributed by atoms with Crippen molar-refractivity contribution in [1.29, 1.82) is 5.41 Å². The van der Waals surface area contributed by atoms with Gasteiger partial charge in [0.15, 0.2) is 11.4 Å². The van der Waals surface area contributed by atoms with Crippen LogP contribution in [0, 0.1) is 5.41 Å². The smallest absolute Gasteiger partial charge is 0.154 e. The molecule has 4 aromatic rings. The average Bonchev–Trinajstić information content (AvgIpc) is 3.02. The van der Waals surface area contributed by atoms with Crippen molar-refractivity contribution < 1.29 is 4.42 Å². The summed E-state index contributed by atoms with van der Waals surface area (Å²) in [5.74, 6) is 0.378. The number of fused-ring (bicyclic) bond motifs is 3. The summed E-state index contributed by atoms with van der Waals surface area (Å²) in [5, 5.41) is 10.6. The van der Waals surface area contributed by atoms with Crippen LogP contribution in [0.1, 0.15) is 11.1 Å². The van der Waals surface area contributed by atoms with Gasteiger partial charge in [-0.15, -0.1) is 0 Å². The van der Waals surface area contributed by atoms with E-state index in [0.29, 0.717) is 27.6 Å². The van der Waals surface area contributed by atoms with Gasteiger partial charge in [0.05, 0.1) is 5.02 Å². The van der Waals surface area contributed by atoms with Gasteiger partial charge in [-0.3, -0.25) is 5.41 Å². The van der Waals surface area contributed by atoms with E-state index in [0.717, 1.165) is 16.3 Å². The van der Waals surface area contributed by atoms with E-state index >= 15 is 0 Å². The molecule has 0 saturated carbocycles. The first-order valence-electron chi connectivity index (χ1n) is 7.73. The fourth-order valence-corrected chi connectivity index (χ4v) is 3.08. The first-order chi connectivity index (χ1) is 12.1. The number of nitrogens with one attached hydrogen (secondary N) is 1. The van der Waals surface area contributed by atoms with Gasteiger partial charge < -0.3 is 10.2 Å². The van der Waals surface area contributed by atoms with Crippen LogP contribution in [0.15, 0.2) is 76.1 Å². The summed E-state index contributed by atoms with van der Waals surface area (Å²) >= 11 is 6.23. The molecule has 0 bridgehead atoms. The summed E-state index contributed by atoms with van der Waals surface area (Å²) in [7, 11) is 0. The highest BCUT2D eigenvalue weighted by Gasteiger charge is 2.15. The van der Waals surface area contributed by atoms with Gasteiger partial charge in [0.2, 0.25) is 0 Å². The van der Waals surface area contributed by atoms with Gasteiger partial charge >= 0.3 is 0 Å². The third kappa shape index (κ3) is 2.66. The molecule has 0 aliphatic carbocycles. The monoisotopic (exact) mass is 347 g/mol. The highest BCUT2D eigenvalue weighted by atomic mass is 35.5. The standard InChI is InChI=1S/C20H14ClN3O/c21-15-10-4-8-13-17-14(9-5-11-16(17)25-18(13)15)20(23)24-19(22)12-6-2-1-3-7-12/h1-11H,(H3,22,23,24). The number of para-hydroxylation sites is 1. The molecule has 5 heteroatoms. The lowest BCUT2D eigenvalue weighted by Crippen LogP contribution is -2.15. The Morgan fingerprint density at radius 2 is 1.72 bits per heavy atom. The maximum absolute atomic E-state index is 8.42. The molecular formula is C20H14ClN3O. The summed E-state index contributed by atoms with van der Waals surface area (Å²) in [6.07, 6.45) is 0. The van der Waals surface area contributed by atoms with Crippen molar-refractivity contribution in [3.63, 3.8) is 0 Å². The lowest BCUT2D eigenvalue weighted by atomic mass is 10.1. The van der Waals surface area contributed by atoms with Crippen molar-refractivity contribution in [2.24, 2.45) is 10.7 Å². The van der Waals surface area contributed by atoms with E-state index in [1.807, 2.05) is 60.7 Å². The third-order valence-electron chi connectivity index (χ3n) is 4.03. The van der Waals surface area contributed by atoms with Crippen LogP contribution in [0.2, 0.25) is 5.02 Å². The number of nitrogens with two attached hydrogens (primary N) is 1. The minimum absolute atomic E-state index is 0.0784. The zero-order valence-corrected chi connectivity index (χ0v) is 13.9. The lowest BCUT2D eigenvalue weighted by molar-refractivity contribution is 0.669. The maximum Gasteiger partial charge on any atom is 0.154 e. The molecule has 4 rings (SSSR count). The van der Waals surface area contributed by atoms with Crippen molar-refractivity contribution in [3.05, 3.63) is 82.9 Å². The number of halogens is 1. The second-order valence-corrected chi connectivity index (χ2v) is 6.02. The Balaban J connectivity index is 1.88. The molecule has 3 aromatic carbocycles. The van der Waals surface area contributed by atoms with Crippen LogP contribution in [0.5, 0.6) is 0 Å². The van der Waals surface area contributed by atoms with Crippen molar-refractivity contribution in [3.8, 4) is 0 Å². The van der Waals surface area contributed by atoms with E-state index in [9.17, 15) is 0 Å². The van der Waals surface area contributed by atoms with Crippen LogP contribution in [0.4, 0.5) is 0 Å². The highest BCUT2D eigenvalue weighted by molar-refractivity contribution is 6.36. The first kappa shape index (κ1) is 15.4. The molecule has 122 valence electrons. The van der Waals surface area contributed by atoms with Crippen LogP contribution in [0.25, 0.3) is 21.9 Å². The second-order valence-electron chi connectivity index (χ2n) is 5.61. The van der Waals surface area contributed by atoms with Crippen molar-refractivity contribution in [2.75, 3.05) is 0 Å². The molecule has 0 atom stereocenters. The van der Waals surface area contributed by atoms with Gasteiger partial charge in [-0.05, 0) is 12.1 Å². The molecular weight excluding hydrogens is 334 g/mol. The topological polar surface area (TPSA) is 75.4 Å². The molecule has 3 N–H and O–H groups in total. The number of hydrogen-bond donors (Lipinski definition) is 2. The molecule has 0 aliphatic rings. The zero-order valence-electron chi connectivity index (χ0n) is 13.2. The van der Waals surface area contributed by atoms with Gasteiger partial charge in [0.25, 0.3) is 0 Å². The van der Waals surface area contributed by atoms with Gasteiger partial charge in [-0.1, -0.05) is 66.2 Å². The van der Waals surface area contributed by atoms with Gasteiger partial charge in [0.1, 0.15) is 11.4 Å². The zero-order chi connectivity index (χ0) is 17.4. The summed E-state index contributed by atoms with van der Waals surface area (Å²) in [6.45, 7) is 0.